The molecule has 138 valence electrons. The normalized spacial score (nSPS) is 11.0. The predicted octanol–water partition coefficient (Wildman–Crippen LogP) is 2.77. The van der Waals surface area contributed by atoms with Crippen LogP contribution in [-0.4, -0.2) is 24.6 Å². The summed E-state index contributed by atoms with van der Waals surface area (Å²) in [7, 11) is 0. The highest BCUT2D eigenvalue weighted by molar-refractivity contribution is 5.95. The molecule has 2 aromatic carbocycles. The summed E-state index contributed by atoms with van der Waals surface area (Å²) in [6.45, 7) is -1.54. The van der Waals surface area contributed by atoms with Gasteiger partial charge in [-0.3, -0.25) is 20.4 Å². The number of hydrazine groups is 1. The van der Waals surface area contributed by atoms with E-state index in [4.69, 9.17) is 0 Å². The van der Waals surface area contributed by atoms with E-state index in [0.717, 1.165) is 5.56 Å². The van der Waals surface area contributed by atoms with Crippen LogP contribution in [-0.2, 0) is 22.6 Å². The van der Waals surface area contributed by atoms with E-state index in [-0.39, 0.29) is 24.5 Å². The fourth-order valence-corrected chi connectivity index (χ4v) is 2.06. The van der Waals surface area contributed by atoms with Crippen molar-refractivity contribution in [1.82, 2.24) is 10.9 Å². The smallest absolute Gasteiger partial charge is 0.367 e. The lowest BCUT2D eigenvalue weighted by molar-refractivity contribution is -0.176. The second-order valence-corrected chi connectivity index (χ2v) is 5.47. The third-order valence-corrected chi connectivity index (χ3v) is 3.27. The molecule has 2 amide bonds. The van der Waals surface area contributed by atoms with E-state index < -0.39 is 18.7 Å². The Labute approximate surface area is 148 Å². The molecule has 26 heavy (non-hydrogen) atoms. The summed E-state index contributed by atoms with van der Waals surface area (Å²) in [5.74, 6) is -0.907. The molecule has 2 N–H and O–H groups in total. The predicted molar refractivity (Wildman–Crippen MR) is 87.9 cm³/mol. The average Bonchev–Trinajstić information content (AvgIpc) is 2.60. The number of benzene rings is 2. The number of hydrogen-bond acceptors (Lipinski definition) is 3. The van der Waals surface area contributed by atoms with E-state index in [9.17, 15) is 22.8 Å². The molecule has 0 aromatic heterocycles. The highest BCUT2D eigenvalue weighted by Crippen LogP contribution is 2.15. The number of ether oxygens (including phenoxy) is 1. The molecule has 0 bridgehead atoms. The minimum Gasteiger partial charge on any atom is -0.367 e. The van der Waals surface area contributed by atoms with Crippen LogP contribution in [0.3, 0.4) is 0 Å². The number of halogens is 3. The molecule has 0 radical (unpaired) electrons. The van der Waals surface area contributed by atoms with Gasteiger partial charge < -0.3 is 4.74 Å². The monoisotopic (exact) mass is 366 g/mol. The number of carbonyl (C=O) groups is 2. The topological polar surface area (TPSA) is 67.4 Å². The van der Waals surface area contributed by atoms with Gasteiger partial charge in [-0.25, -0.2) is 0 Å². The molecule has 2 rings (SSSR count). The molecule has 0 atom stereocenters. The van der Waals surface area contributed by atoms with Crippen molar-refractivity contribution >= 4 is 11.8 Å². The van der Waals surface area contributed by atoms with Crippen LogP contribution in [0.5, 0.6) is 0 Å². The molecule has 0 fully saturated rings. The van der Waals surface area contributed by atoms with Gasteiger partial charge in [0, 0.05) is 5.56 Å². The second-order valence-electron chi connectivity index (χ2n) is 5.47. The fraction of sp³-hybridized carbons (Fsp3) is 0.222. The Morgan fingerprint density at radius 2 is 1.54 bits per heavy atom. The number of amides is 2. The first-order valence-corrected chi connectivity index (χ1v) is 7.70. The minimum absolute atomic E-state index is 0.122. The standard InChI is InChI=1S/C18H17F3N2O3/c19-18(20,21)12-26-11-14-6-8-15(9-7-14)17(25)23-22-16(24)10-13-4-2-1-3-5-13/h1-9H,10-12H2,(H,22,24)(H,23,25). The Kier molecular flexibility index (Phi) is 6.74. The van der Waals surface area contributed by atoms with Crippen molar-refractivity contribution < 1.29 is 27.5 Å². The molecule has 0 saturated heterocycles. The van der Waals surface area contributed by atoms with Gasteiger partial charge in [-0.05, 0) is 23.3 Å². The molecule has 8 heteroatoms. The van der Waals surface area contributed by atoms with Gasteiger partial charge in [-0.1, -0.05) is 42.5 Å². The Morgan fingerprint density at radius 3 is 2.15 bits per heavy atom. The maximum Gasteiger partial charge on any atom is 0.411 e. The first-order valence-electron chi connectivity index (χ1n) is 7.70. The Hall–Kier alpha value is -2.87. The van der Waals surface area contributed by atoms with Crippen molar-refractivity contribution in [3.8, 4) is 0 Å². The largest absolute Gasteiger partial charge is 0.411 e. The highest BCUT2D eigenvalue weighted by Gasteiger charge is 2.27. The molecule has 0 saturated carbocycles. The van der Waals surface area contributed by atoms with Gasteiger partial charge >= 0.3 is 6.18 Å². The molecular formula is C18H17F3N2O3. The van der Waals surface area contributed by atoms with Crippen molar-refractivity contribution in [2.75, 3.05) is 6.61 Å². The van der Waals surface area contributed by atoms with Gasteiger partial charge in [-0.2, -0.15) is 13.2 Å². The lowest BCUT2D eigenvalue weighted by Crippen LogP contribution is -2.42. The van der Waals surface area contributed by atoms with E-state index in [2.05, 4.69) is 15.6 Å². The number of rotatable bonds is 6. The molecule has 0 unspecified atom stereocenters. The maximum absolute atomic E-state index is 12.0. The summed E-state index contributed by atoms with van der Waals surface area (Å²) in [4.78, 5) is 23.7. The SMILES string of the molecule is O=C(Cc1ccccc1)NNC(=O)c1ccc(COCC(F)(F)F)cc1. The lowest BCUT2D eigenvalue weighted by Gasteiger charge is -2.09. The van der Waals surface area contributed by atoms with E-state index in [1.165, 1.54) is 24.3 Å². The maximum atomic E-state index is 12.0. The van der Waals surface area contributed by atoms with Crippen molar-refractivity contribution in [3.05, 3.63) is 71.3 Å². The second kappa shape index (κ2) is 9.00. The zero-order chi connectivity index (χ0) is 19.0. The van der Waals surface area contributed by atoms with Crippen LogP contribution < -0.4 is 10.9 Å². The third kappa shape index (κ3) is 6.94. The molecule has 0 aliphatic carbocycles. The average molecular weight is 366 g/mol. The van der Waals surface area contributed by atoms with Crippen molar-refractivity contribution in [3.63, 3.8) is 0 Å². The summed E-state index contributed by atoms with van der Waals surface area (Å²) in [5, 5.41) is 0. The van der Waals surface area contributed by atoms with Gasteiger partial charge in [0.15, 0.2) is 0 Å². The van der Waals surface area contributed by atoms with Crippen LogP contribution in [0.15, 0.2) is 54.6 Å². The zero-order valence-corrected chi connectivity index (χ0v) is 13.7. The molecule has 0 spiro atoms. The molecule has 0 heterocycles. The van der Waals surface area contributed by atoms with E-state index >= 15 is 0 Å². The van der Waals surface area contributed by atoms with Crippen molar-refractivity contribution in [2.45, 2.75) is 19.2 Å². The van der Waals surface area contributed by atoms with Crippen LogP contribution >= 0.6 is 0 Å². The first-order chi connectivity index (χ1) is 12.3. The summed E-state index contributed by atoms with van der Waals surface area (Å²) < 4.78 is 40.5. The molecular weight excluding hydrogens is 349 g/mol. The quantitative estimate of drug-likeness (QED) is 0.773. The van der Waals surface area contributed by atoms with Crippen molar-refractivity contribution in [1.29, 1.82) is 0 Å². The van der Waals surface area contributed by atoms with Gasteiger partial charge in [0.25, 0.3) is 5.91 Å². The lowest BCUT2D eigenvalue weighted by atomic mass is 10.1. The Morgan fingerprint density at radius 1 is 0.885 bits per heavy atom. The van der Waals surface area contributed by atoms with Gasteiger partial charge in [0.1, 0.15) is 6.61 Å². The summed E-state index contributed by atoms with van der Waals surface area (Å²) in [6.07, 6.45) is -4.26. The van der Waals surface area contributed by atoms with E-state index in [0.29, 0.717) is 5.56 Å². The number of alkyl halides is 3. The minimum atomic E-state index is -4.38. The van der Waals surface area contributed by atoms with Gasteiger partial charge in [0.05, 0.1) is 13.0 Å². The van der Waals surface area contributed by atoms with Crippen LogP contribution in [0.1, 0.15) is 21.5 Å². The molecule has 2 aromatic rings. The van der Waals surface area contributed by atoms with Crippen molar-refractivity contribution in [2.24, 2.45) is 0 Å². The van der Waals surface area contributed by atoms with Crippen LogP contribution in [0.4, 0.5) is 13.2 Å². The summed E-state index contributed by atoms with van der Waals surface area (Å²) in [5.41, 5.74) is 6.15. The molecule has 0 aliphatic heterocycles. The van der Waals surface area contributed by atoms with E-state index in [1.54, 1.807) is 24.3 Å². The number of hydrogen-bond donors (Lipinski definition) is 2. The Bertz CT molecular complexity index is 732. The third-order valence-electron chi connectivity index (χ3n) is 3.27. The van der Waals surface area contributed by atoms with Crippen LogP contribution in [0, 0.1) is 0 Å². The van der Waals surface area contributed by atoms with E-state index in [1.807, 2.05) is 6.07 Å². The summed E-state index contributed by atoms with van der Waals surface area (Å²) in [6, 6.07) is 14.9. The molecule has 0 aliphatic rings. The zero-order valence-electron chi connectivity index (χ0n) is 13.7. The van der Waals surface area contributed by atoms with Gasteiger partial charge in [0.2, 0.25) is 5.91 Å². The highest BCUT2D eigenvalue weighted by atomic mass is 19.4. The number of carbonyl (C=O) groups excluding carboxylic acids is 2. The number of nitrogens with one attached hydrogen (secondary N) is 2. The molecule has 5 nitrogen and oxygen atoms in total. The van der Waals surface area contributed by atoms with Crippen LogP contribution in [0.2, 0.25) is 0 Å². The Balaban J connectivity index is 1.77. The van der Waals surface area contributed by atoms with Gasteiger partial charge in [-0.15, -0.1) is 0 Å². The summed E-state index contributed by atoms with van der Waals surface area (Å²) >= 11 is 0. The van der Waals surface area contributed by atoms with Crippen LogP contribution in [0.25, 0.3) is 0 Å². The first kappa shape index (κ1) is 19.5. The fourth-order valence-electron chi connectivity index (χ4n) is 2.06.